The topological polar surface area (TPSA) is 69.0 Å². The molecule has 34 heavy (non-hydrogen) atoms. The highest BCUT2D eigenvalue weighted by atomic mass is 19.1. The minimum Gasteiger partial charge on any atom is -0.494 e. The van der Waals surface area contributed by atoms with Gasteiger partial charge in [0.15, 0.2) is 0 Å². The van der Waals surface area contributed by atoms with Crippen LogP contribution in [0.25, 0.3) is 0 Å². The molecule has 182 valence electrons. The van der Waals surface area contributed by atoms with E-state index in [0.29, 0.717) is 38.6 Å². The summed E-state index contributed by atoms with van der Waals surface area (Å²) in [5.41, 5.74) is -0.0965. The number of hydrogen-bond acceptors (Lipinski definition) is 6. The molecular weight excluding hydrogens is 437 g/mol. The Morgan fingerprint density at radius 1 is 1.15 bits per heavy atom. The van der Waals surface area contributed by atoms with Gasteiger partial charge in [-0.2, -0.15) is 0 Å². The minimum atomic E-state index is -1.19. The molecule has 0 radical (unpaired) electrons. The molecule has 0 aliphatic carbocycles. The number of benzene rings is 2. The van der Waals surface area contributed by atoms with Gasteiger partial charge in [-0.25, -0.2) is 9.37 Å². The molecule has 7 nitrogen and oxygen atoms in total. The Hall–Kier alpha value is -2.94. The van der Waals surface area contributed by atoms with Gasteiger partial charge >= 0.3 is 0 Å². The third kappa shape index (κ3) is 7.03. The summed E-state index contributed by atoms with van der Waals surface area (Å²) in [7, 11) is 0. The van der Waals surface area contributed by atoms with Crippen molar-refractivity contribution in [3.63, 3.8) is 0 Å². The quantitative estimate of drug-likeness (QED) is 0.459. The number of aryl methyl sites for hydroxylation is 2. The fraction of sp³-hybridized carbons (Fsp3) is 0.423. The van der Waals surface area contributed by atoms with Gasteiger partial charge in [0.25, 0.3) is 0 Å². The summed E-state index contributed by atoms with van der Waals surface area (Å²) in [6.07, 6.45) is 4.68. The van der Waals surface area contributed by atoms with E-state index in [1.165, 1.54) is 12.1 Å². The van der Waals surface area contributed by atoms with E-state index in [9.17, 15) is 9.50 Å². The third-order valence-corrected chi connectivity index (χ3v) is 5.78. The van der Waals surface area contributed by atoms with Crippen LogP contribution >= 0.6 is 0 Å². The molecule has 2 aromatic carbocycles. The van der Waals surface area contributed by atoms with Crippen LogP contribution in [0.2, 0.25) is 0 Å². The highest BCUT2D eigenvalue weighted by Crippen LogP contribution is 2.20. The SMILES string of the molecule is Cc1nccn1CCCOc1cccc(CN2CCOC[C@](O)(COc3cccc(F)c3)C2)c1. The normalized spacial score (nSPS) is 19.0. The van der Waals surface area contributed by atoms with Gasteiger partial charge in [-0.05, 0) is 43.2 Å². The largest absolute Gasteiger partial charge is 0.494 e. The Bertz CT molecular complexity index is 1060. The summed E-state index contributed by atoms with van der Waals surface area (Å²) in [4.78, 5) is 6.38. The summed E-state index contributed by atoms with van der Waals surface area (Å²) >= 11 is 0. The maximum atomic E-state index is 13.4. The Kier molecular flexibility index (Phi) is 8.16. The van der Waals surface area contributed by atoms with Crippen LogP contribution in [0.15, 0.2) is 60.9 Å². The lowest BCUT2D eigenvalue weighted by Gasteiger charge is -2.30. The molecule has 8 heteroatoms. The van der Waals surface area contributed by atoms with Crippen LogP contribution in [0.5, 0.6) is 11.5 Å². The lowest BCUT2D eigenvalue weighted by Crippen LogP contribution is -2.48. The number of halogens is 1. The van der Waals surface area contributed by atoms with E-state index >= 15 is 0 Å². The number of ether oxygens (including phenoxy) is 3. The van der Waals surface area contributed by atoms with Crippen LogP contribution in [0, 0.1) is 12.7 Å². The maximum absolute atomic E-state index is 13.4. The van der Waals surface area contributed by atoms with Gasteiger partial charge in [0.05, 0.1) is 19.8 Å². The predicted molar refractivity (Wildman–Crippen MR) is 126 cm³/mol. The molecule has 1 aliphatic rings. The van der Waals surface area contributed by atoms with Crippen molar-refractivity contribution in [1.29, 1.82) is 0 Å². The zero-order chi connectivity index (χ0) is 23.8. The van der Waals surface area contributed by atoms with Crippen LogP contribution in [0.3, 0.4) is 0 Å². The summed E-state index contributed by atoms with van der Waals surface area (Å²) in [5, 5.41) is 11.1. The van der Waals surface area contributed by atoms with E-state index in [1.54, 1.807) is 12.1 Å². The van der Waals surface area contributed by atoms with Crippen LogP contribution < -0.4 is 9.47 Å². The minimum absolute atomic E-state index is 0.0203. The van der Waals surface area contributed by atoms with Crippen molar-refractivity contribution in [3.8, 4) is 11.5 Å². The molecule has 2 heterocycles. The standard InChI is InChI=1S/C26H32FN3O4/c1-21-28-9-11-30(21)10-4-13-33-24-7-2-5-22(15-24)17-29-12-14-32-19-26(31,18-29)20-34-25-8-3-6-23(27)16-25/h2-3,5-9,11,15-16,31H,4,10,12-14,17-20H2,1H3/t26-/m0/s1. The Labute approximate surface area is 199 Å². The van der Waals surface area contributed by atoms with Gasteiger partial charge in [0.1, 0.15) is 35.3 Å². The second-order valence-electron chi connectivity index (χ2n) is 8.75. The summed E-state index contributed by atoms with van der Waals surface area (Å²) < 4.78 is 32.8. The predicted octanol–water partition coefficient (Wildman–Crippen LogP) is 3.44. The van der Waals surface area contributed by atoms with Crippen molar-refractivity contribution in [2.75, 3.05) is 39.5 Å². The molecule has 1 aliphatic heterocycles. The molecule has 1 aromatic heterocycles. The highest BCUT2D eigenvalue weighted by molar-refractivity contribution is 5.28. The molecule has 1 saturated heterocycles. The van der Waals surface area contributed by atoms with Crippen molar-refractivity contribution in [2.24, 2.45) is 0 Å². The van der Waals surface area contributed by atoms with Crippen LogP contribution in [0.1, 0.15) is 17.8 Å². The number of nitrogens with zero attached hydrogens (tertiary/aromatic N) is 3. The lowest BCUT2D eigenvalue weighted by molar-refractivity contribution is -0.0647. The number of rotatable bonds is 10. The highest BCUT2D eigenvalue weighted by Gasteiger charge is 2.33. The molecule has 1 N–H and O–H groups in total. The molecule has 0 amide bonds. The molecule has 0 bridgehead atoms. The Morgan fingerprint density at radius 3 is 2.76 bits per heavy atom. The molecule has 4 rings (SSSR count). The van der Waals surface area contributed by atoms with E-state index in [0.717, 1.165) is 30.1 Å². The average molecular weight is 470 g/mol. The maximum Gasteiger partial charge on any atom is 0.134 e. The summed E-state index contributed by atoms with van der Waals surface area (Å²) in [5.74, 6) is 1.85. The van der Waals surface area contributed by atoms with E-state index in [1.807, 2.05) is 37.5 Å². The zero-order valence-corrected chi connectivity index (χ0v) is 19.5. The monoisotopic (exact) mass is 469 g/mol. The third-order valence-electron chi connectivity index (χ3n) is 5.78. The van der Waals surface area contributed by atoms with Crippen molar-refractivity contribution in [2.45, 2.75) is 32.0 Å². The van der Waals surface area contributed by atoms with Gasteiger partial charge < -0.3 is 23.9 Å². The van der Waals surface area contributed by atoms with Crippen molar-refractivity contribution >= 4 is 0 Å². The number of hydrogen-bond donors (Lipinski definition) is 1. The van der Waals surface area contributed by atoms with Crippen molar-refractivity contribution in [3.05, 3.63) is 78.1 Å². The van der Waals surface area contributed by atoms with E-state index in [-0.39, 0.29) is 19.0 Å². The van der Waals surface area contributed by atoms with Crippen LogP contribution in [-0.4, -0.2) is 64.7 Å². The van der Waals surface area contributed by atoms with Gasteiger partial charge in [-0.15, -0.1) is 0 Å². The summed E-state index contributed by atoms with van der Waals surface area (Å²) in [6, 6.07) is 13.9. The van der Waals surface area contributed by atoms with E-state index in [4.69, 9.17) is 14.2 Å². The summed E-state index contributed by atoms with van der Waals surface area (Å²) in [6.45, 7) is 5.92. The first-order valence-corrected chi connectivity index (χ1v) is 11.6. The van der Waals surface area contributed by atoms with Crippen LogP contribution in [0.4, 0.5) is 4.39 Å². The molecule has 3 aromatic rings. The van der Waals surface area contributed by atoms with Gasteiger partial charge in [0, 0.05) is 44.6 Å². The zero-order valence-electron chi connectivity index (χ0n) is 19.5. The molecule has 1 atom stereocenters. The molecule has 0 spiro atoms. The van der Waals surface area contributed by atoms with Gasteiger partial charge in [-0.1, -0.05) is 18.2 Å². The average Bonchev–Trinajstić information content (AvgIpc) is 3.13. The van der Waals surface area contributed by atoms with Gasteiger partial charge in [0.2, 0.25) is 0 Å². The van der Waals surface area contributed by atoms with Gasteiger partial charge in [-0.3, -0.25) is 4.90 Å². The molecular formula is C26H32FN3O4. The first kappa shape index (κ1) is 24.2. The number of imidazole rings is 1. The van der Waals surface area contributed by atoms with Crippen molar-refractivity contribution < 1.29 is 23.7 Å². The number of aromatic nitrogens is 2. The van der Waals surface area contributed by atoms with Crippen LogP contribution in [-0.2, 0) is 17.8 Å². The number of aliphatic hydroxyl groups is 1. The fourth-order valence-electron chi connectivity index (χ4n) is 4.05. The fourth-order valence-corrected chi connectivity index (χ4v) is 4.05. The molecule has 1 fully saturated rings. The van der Waals surface area contributed by atoms with E-state index < -0.39 is 5.60 Å². The number of β-amino-alcohol motifs (C(OH)–C–C–N with tert-alkyl or cyclic N) is 1. The van der Waals surface area contributed by atoms with Crippen molar-refractivity contribution in [1.82, 2.24) is 14.5 Å². The second kappa shape index (κ2) is 11.5. The second-order valence-corrected chi connectivity index (χ2v) is 8.75. The molecule has 0 saturated carbocycles. The first-order valence-electron chi connectivity index (χ1n) is 11.6. The Balaban J connectivity index is 1.29. The van der Waals surface area contributed by atoms with E-state index in [2.05, 4.69) is 20.5 Å². The first-order chi connectivity index (χ1) is 16.5. The lowest BCUT2D eigenvalue weighted by atomic mass is 10.1. The smallest absolute Gasteiger partial charge is 0.134 e. The Morgan fingerprint density at radius 2 is 1.97 bits per heavy atom. The molecule has 0 unspecified atom stereocenters.